The van der Waals surface area contributed by atoms with Gasteiger partial charge in [-0.15, -0.1) is 0 Å². The largest absolute Gasteiger partial charge is 0.508 e. The number of phenols is 1. The van der Waals surface area contributed by atoms with Crippen molar-refractivity contribution in [2.45, 2.75) is 155 Å². The molecule has 1 aliphatic carbocycles. The van der Waals surface area contributed by atoms with Crippen molar-refractivity contribution in [2.75, 3.05) is 13.6 Å². The molecule has 21 nitrogen and oxygen atoms in total. The molecule has 0 aliphatic heterocycles. The molecule has 0 saturated heterocycles. The van der Waals surface area contributed by atoms with E-state index in [9.17, 15) is 53.4 Å². The fraction of sp³-hybridized carbons (Fsp3) is 0.596. The highest BCUT2D eigenvalue weighted by Gasteiger charge is 2.42. The minimum Gasteiger partial charge on any atom is -0.508 e. The summed E-state index contributed by atoms with van der Waals surface area (Å²) in [6.07, 6.45) is -0.805. The number of nitrogens with zero attached hydrogens (tertiary/aromatic N) is 2. The van der Waals surface area contributed by atoms with Crippen LogP contribution in [0.3, 0.4) is 0 Å². The van der Waals surface area contributed by atoms with Crippen LogP contribution in [-0.2, 0) is 55.9 Å². The van der Waals surface area contributed by atoms with E-state index in [2.05, 4.69) is 26.6 Å². The first-order chi connectivity index (χ1) is 34.4. The predicted molar refractivity (Wildman–Crippen MR) is 271 cm³/mol. The molecule has 0 aromatic heterocycles. The van der Waals surface area contributed by atoms with Crippen LogP contribution >= 0.6 is 0 Å². The lowest BCUT2D eigenvalue weighted by Gasteiger charge is -2.37. The number of aliphatic hydroxyl groups is 1. The summed E-state index contributed by atoms with van der Waals surface area (Å²) in [7, 11) is 1.39. The van der Waals surface area contributed by atoms with Gasteiger partial charge in [0.05, 0.1) is 0 Å². The zero-order valence-corrected chi connectivity index (χ0v) is 43.7. The Morgan fingerprint density at radius 3 is 1.89 bits per heavy atom. The van der Waals surface area contributed by atoms with Crippen LogP contribution < -0.4 is 38.1 Å². The number of nitrogens with two attached hydrogens (primary N) is 2. The molecule has 0 spiro atoms. The summed E-state index contributed by atoms with van der Waals surface area (Å²) in [5.74, 6) is -6.52. The number of hydrogen-bond donors (Lipinski definition) is 9. The molecule has 9 amide bonds. The van der Waals surface area contributed by atoms with Crippen LogP contribution in [0, 0.1) is 29.6 Å². The Hall–Kier alpha value is -6.77. The normalized spacial score (nSPS) is 17.7. The van der Waals surface area contributed by atoms with Crippen molar-refractivity contribution in [1.29, 1.82) is 0 Å². The molecule has 0 heterocycles. The highest BCUT2D eigenvalue weighted by molar-refractivity contribution is 5.95. The zero-order chi connectivity index (χ0) is 54.7. The van der Waals surface area contributed by atoms with E-state index in [4.69, 9.17) is 16.2 Å². The van der Waals surface area contributed by atoms with Crippen molar-refractivity contribution < 1.29 is 58.1 Å². The number of carbonyl (C=O) groups excluding carboxylic acids is 9. The second kappa shape index (κ2) is 29.1. The van der Waals surface area contributed by atoms with E-state index in [0.717, 1.165) is 11.3 Å². The number of nitrogens with one attached hydrogen (secondary N) is 5. The van der Waals surface area contributed by atoms with Gasteiger partial charge in [0.15, 0.2) is 0 Å². The third-order valence-corrected chi connectivity index (χ3v) is 13.3. The summed E-state index contributed by atoms with van der Waals surface area (Å²) in [6, 6.07) is 5.86. The van der Waals surface area contributed by atoms with Gasteiger partial charge in [-0.1, -0.05) is 97.4 Å². The minimum atomic E-state index is -1.70. The summed E-state index contributed by atoms with van der Waals surface area (Å²) in [6.45, 7) is 13.7. The molecular formula is C52H79N9O12. The molecule has 4 unspecified atom stereocenters. The lowest BCUT2D eigenvalue weighted by molar-refractivity contribution is -0.158. The number of rotatable bonds is 31. The van der Waals surface area contributed by atoms with E-state index in [1.807, 2.05) is 6.92 Å². The number of aromatic hydroxyl groups is 1. The van der Waals surface area contributed by atoms with Crippen LogP contribution in [0.4, 0.5) is 4.79 Å². The second-order valence-corrected chi connectivity index (χ2v) is 20.0. The number of benzene rings is 2. The molecule has 73 heavy (non-hydrogen) atoms. The summed E-state index contributed by atoms with van der Waals surface area (Å²) in [5.41, 5.74) is 12.1. The monoisotopic (exact) mass is 1020 g/mol. The smallest absolute Gasteiger partial charge is 0.329 e. The number of likely N-dealkylation sites (N-methyl/N-ethyl adjacent to an activating group) is 1. The first-order valence-electron chi connectivity index (χ1n) is 25.1. The van der Waals surface area contributed by atoms with Crippen molar-refractivity contribution in [3.8, 4) is 5.75 Å². The van der Waals surface area contributed by atoms with E-state index in [-0.39, 0.29) is 62.7 Å². The Morgan fingerprint density at radius 1 is 0.781 bits per heavy atom. The number of carbonyl (C=O) groups is 9. The molecule has 1 fully saturated rings. The van der Waals surface area contributed by atoms with Gasteiger partial charge in [0, 0.05) is 32.4 Å². The zero-order valence-electron chi connectivity index (χ0n) is 43.7. The lowest BCUT2D eigenvalue weighted by Crippen LogP contribution is -2.61. The van der Waals surface area contributed by atoms with Crippen molar-refractivity contribution in [3.05, 3.63) is 65.7 Å². The van der Waals surface area contributed by atoms with Gasteiger partial charge in [-0.3, -0.25) is 33.6 Å². The number of amides is 9. The first-order valence-corrected chi connectivity index (χ1v) is 25.1. The maximum Gasteiger partial charge on any atom is 0.329 e. The molecular weight excluding hydrogens is 943 g/mol. The molecule has 2 aromatic carbocycles. The Morgan fingerprint density at radius 2 is 1.36 bits per heavy atom. The summed E-state index contributed by atoms with van der Waals surface area (Å²) in [5, 5.41) is 34.4. The van der Waals surface area contributed by atoms with Crippen molar-refractivity contribution in [2.24, 2.45) is 41.1 Å². The summed E-state index contributed by atoms with van der Waals surface area (Å²) >= 11 is 0. The number of urea groups is 1. The van der Waals surface area contributed by atoms with Crippen molar-refractivity contribution >= 4 is 53.9 Å². The number of phenolic OH excluding ortho intramolecular Hbond substituents is 1. The molecule has 3 rings (SSSR count). The standard InChI is InChI=1S/C52H79N9O12/c1-10-31(6)43(51(71)73-33(8)44(49(69)57-39(45(53)65)23-29(2)3)59-47(67)38(56-46(66)30(4)5)17-14-22-55-52(54)72)58-48(68)40(25-35-18-20-37(63)21-19-35)60(9)50(70)41(26-34-15-12-11-13-16-34)61(28-62)42(64)27-36-24-32(36)7/h11-13,15-16,18-21,28-33,36,38-44,63-64H,10,14,17,22-27H2,1-9H3,(H2,53,65)(H,56,66)(H,57,69)(H,58,68)(H,59,67)(H3,54,55,72)/t31?,32?,33-,36?,38+,39+,40+,41?,42+,43+,44+/m1/s1. The fourth-order valence-corrected chi connectivity index (χ4v) is 8.28. The molecule has 404 valence electrons. The van der Waals surface area contributed by atoms with Gasteiger partial charge in [0.1, 0.15) is 54.3 Å². The van der Waals surface area contributed by atoms with Gasteiger partial charge in [-0.2, -0.15) is 0 Å². The van der Waals surface area contributed by atoms with E-state index in [0.29, 0.717) is 29.9 Å². The van der Waals surface area contributed by atoms with Gasteiger partial charge in [0.25, 0.3) is 0 Å². The molecule has 11 atom stereocenters. The molecule has 11 N–H and O–H groups in total. The van der Waals surface area contributed by atoms with Crippen molar-refractivity contribution in [3.63, 3.8) is 0 Å². The highest BCUT2D eigenvalue weighted by Crippen LogP contribution is 2.41. The average Bonchev–Trinajstić information content (AvgIpc) is 4.04. The first kappa shape index (κ1) is 60.5. The Kier molecular flexibility index (Phi) is 24.1. The van der Waals surface area contributed by atoms with Crippen LogP contribution in [0.2, 0.25) is 0 Å². The lowest BCUT2D eigenvalue weighted by atomic mass is 9.96. The van der Waals surface area contributed by atoms with Crippen LogP contribution in [-0.4, -0.2) is 136 Å². The topological polar surface area (TPSA) is 322 Å². The predicted octanol–water partition coefficient (Wildman–Crippen LogP) is 1.75. The third-order valence-electron chi connectivity index (χ3n) is 13.3. The van der Waals surface area contributed by atoms with Crippen LogP contribution in [0.25, 0.3) is 0 Å². The molecule has 1 aliphatic rings. The Balaban J connectivity index is 2.04. The average molecular weight is 1020 g/mol. The van der Waals surface area contributed by atoms with Gasteiger partial charge in [-0.05, 0) is 86.0 Å². The Bertz CT molecular complexity index is 2180. The van der Waals surface area contributed by atoms with E-state index in [1.54, 1.807) is 84.0 Å². The van der Waals surface area contributed by atoms with E-state index >= 15 is 0 Å². The fourth-order valence-electron chi connectivity index (χ4n) is 8.28. The van der Waals surface area contributed by atoms with Crippen molar-refractivity contribution in [1.82, 2.24) is 36.4 Å². The number of hydrogen-bond acceptors (Lipinski definition) is 12. The molecule has 1 saturated carbocycles. The minimum absolute atomic E-state index is 0.00637. The Labute approximate surface area is 428 Å². The van der Waals surface area contributed by atoms with E-state index < -0.39 is 108 Å². The molecule has 0 bridgehead atoms. The van der Waals surface area contributed by atoms with E-state index in [1.165, 1.54) is 31.0 Å². The van der Waals surface area contributed by atoms with Crippen LogP contribution in [0.1, 0.15) is 105 Å². The molecule has 21 heteroatoms. The van der Waals surface area contributed by atoms with Crippen LogP contribution in [0.5, 0.6) is 5.75 Å². The highest BCUT2D eigenvalue weighted by atomic mass is 16.5. The quantitative estimate of drug-likeness (QED) is 0.0226. The van der Waals surface area contributed by atoms with Gasteiger partial charge in [0.2, 0.25) is 41.9 Å². The van der Waals surface area contributed by atoms with Crippen LogP contribution in [0.15, 0.2) is 54.6 Å². The maximum absolute atomic E-state index is 14.9. The summed E-state index contributed by atoms with van der Waals surface area (Å²) in [4.78, 5) is 124. The number of ether oxygens (including phenoxy) is 1. The summed E-state index contributed by atoms with van der Waals surface area (Å²) < 4.78 is 5.93. The molecule has 0 radical (unpaired) electrons. The van der Waals surface area contributed by atoms with Gasteiger partial charge >= 0.3 is 12.0 Å². The molecule has 2 aromatic rings. The SMILES string of the molecule is CCC(C)[C@H](NC(=O)[C@H](Cc1ccc(O)cc1)N(C)C(=O)C(Cc1ccccc1)N(C=O)[C@@H](O)CC1CC1C)C(=O)O[C@H](C)[C@H](NC(=O)[C@H](CCCNC(N)=O)NC(=O)C(C)C)C(=O)N[C@@H](CC(C)C)C(N)=O. The third kappa shape index (κ3) is 19.3. The number of primary amides is 2. The number of esters is 1. The second-order valence-electron chi connectivity index (χ2n) is 20.0. The number of aliphatic hydroxyl groups excluding tert-OH is 1. The van der Waals surface area contributed by atoms with Gasteiger partial charge < -0.3 is 62.8 Å². The maximum atomic E-state index is 14.9. The van der Waals surface area contributed by atoms with Gasteiger partial charge in [-0.25, -0.2) is 9.59 Å².